The van der Waals surface area contributed by atoms with Crippen LogP contribution in [0.4, 0.5) is 18.0 Å². The molecule has 0 saturated heterocycles. The third-order valence-corrected chi connectivity index (χ3v) is 4.55. The summed E-state index contributed by atoms with van der Waals surface area (Å²) in [6.45, 7) is 4.48. The van der Waals surface area contributed by atoms with Gasteiger partial charge in [-0.2, -0.15) is 13.2 Å². The lowest BCUT2D eigenvalue weighted by Crippen LogP contribution is -2.39. The monoisotopic (exact) mass is 388 g/mol. The topological polar surface area (TPSA) is 32.3 Å². The second-order valence-corrected chi connectivity index (χ2v) is 7.03. The molecule has 0 unspecified atom stereocenters. The number of thiophene rings is 1. The van der Waals surface area contributed by atoms with E-state index in [2.05, 4.69) is 11.9 Å². The highest BCUT2D eigenvalue weighted by Crippen LogP contribution is 2.29. The lowest BCUT2D eigenvalue weighted by molar-refractivity contribution is -0.137. The fraction of sp³-hybridized carbons (Fsp3) is 0.235. The minimum absolute atomic E-state index is 0.135. The molecule has 0 bridgehead atoms. The Bertz CT molecular complexity index is 728. The first kappa shape index (κ1) is 19.3. The van der Waals surface area contributed by atoms with E-state index < -0.39 is 11.7 Å². The van der Waals surface area contributed by atoms with E-state index in [9.17, 15) is 18.0 Å². The molecule has 0 spiro atoms. The number of benzene rings is 1. The molecule has 2 amide bonds. The van der Waals surface area contributed by atoms with E-state index >= 15 is 0 Å². The Balaban J connectivity index is 1.95. The summed E-state index contributed by atoms with van der Waals surface area (Å²) in [4.78, 5) is 14.8. The molecular weight excluding hydrogens is 373 g/mol. The van der Waals surface area contributed by atoms with Crippen LogP contribution in [-0.4, -0.2) is 17.5 Å². The number of hydrogen-bond donors (Lipinski definition) is 1. The van der Waals surface area contributed by atoms with Crippen molar-refractivity contribution in [1.82, 2.24) is 10.2 Å². The van der Waals surface area contributed by atoms with Gasteiger partial charge in [-0.05, 0) is 29.8 Å². The zero-order valence-electron chi connectivity index (χ0n) is 13.1. The molecule has 2 rings (SSSR count). The Morgan fingerprint density at radius 1 is 1.24 bits per heavy atom. The first-order valence-electron chi connectivity index (χ1n) is 7.33. The second kappa shape index (κ2) is 8.40. The number of alkyl halides is 3. The van der Waals surface area contributed by atoms with Crippen molar-refractivity contribution >= 4 is 29.0 Å². The van der Waals surface area contributed by atoms with Gasteiger partial charge in [-0.15, -0.1) is 17.9 Å². The van der Waals surface area contributed by atoms with Crippen LogP contribution in [-0.2, 0) is 19.3 Å². The molecule has 25 heavy (non-hydrogen) atoms. The number of hydrogen-bond acceptors (Lipinski definition) is 2. The Labute approximate surface area is 152 Å². The highest BCUT2D eigenvalue weighted by atomic mass is 35.5. The fourth-order valence-corrected chi connectivity index (χ4v) is 3.20. The minimum Gasteiger partial charge on any atom is -0.334 e. The summed E-state index contributed by atoms with van der Waals surface area (Å²) in [6.07, 6.45) is -2.77. The van der Waals surface area contributed by atoms with Gasteiger partial charge in [0.1, 0.15) is 0 Å². The van der Waals surface area contributed by atoms with Gasteiger partial charge in [-0.25, -0.2) is 4.79 Å². The second-order valence-electron chi connectivity index (χ2n) is 5.23. The summed E-state index contributed by atoms with van der Waals surface area (Å²) in [7, 11) is 0. The zero-order chi connectivity index (χ0) is 18.4. The van der Waals surface area contributed by atoms with E-state index in [1.54, 1.807) is 17.0 Å². The first-order chi connectivity index (χ1) is 11.8. The first-order valence-corrected chi connectivity index (χ1v) is 8.53. The molecule has 0 atom stereocenters. The van der Waals surface area contributed by atoms with E-state index in [0.717, 1.165) is 17.0 Å². The Hall–Kier alpha value is -1.99. The van der Waals surface area contributed by atoms with Crippen molar-refractivity contribution in [3.05, 3.63) is 69.4 Å². The fourth-order valence-electron chi connectivity index (χ4n) is 2.10. The maximum Gasteiger partial charge on any atom is 0.416 e. The maximum absolute atomic E-state index is 12.5. The summed E-state index contributed by atoms with van der Waals surface area (Å²) in [5, 5.41) is 2.70. The Kier molecular flexibility index (Phi) is 6.50. The van der Waals surface area contributed by atoms with Gasteiger partial charge < -0.3 is 10.2 Å². The molecule has 3 nitrogen and oxygen atoms in total. The van der Waals surface area contributed by atoms with Crippen molar-refractivity contribution in [2.24, 2.45) is 0 Å². The van der Waals surface area contributed by atoms with Crippen LogP contribution in [0.25, 0.3) is 0 Å². The van der Waals surface area contributed by atoms with Crippen LogP contribution < -0.4 is 5.32 Å². The predicted molar refractivity (Wildman–Crippen MR) is 93.6 cm³/mol. The third kappa shape index (κ3) is 5.79. The molecule has 1 aromatic heterocycles. The van der Waals surface area contributed by atoms with Gasteiger partial charge in [0.25, 0.3) is 0 Å². The number of nitrogens with zero attached hydrogens (tertiary/aromatic N) is 1. The highest BCUT2D eigenvalue weighted by Gasteiger charge is 2.29. The summed E-state index contributed by atoms with van der Waals surface area (Å²) in [5.41, 5.74) is -0.135. The van der Waals surface area contributed by atoms with Crippen LogP contribution >= 0.6 is 22.9 Å². The molecule has 0 radical (unpaired) electrons. The van der Waals surface area contributed by atoms with Crippen LogP contribution in [0.15, 0.2) is 49.1 Å². The van der Waals surface area contributed by atoms with Gasteiger partial charge in [0.2, 0.25) is 0 Å². The predicted octanol–water partition coefficient (Wildman–Crippen LogP) is 5.32. The summed E-state index contributed by atoms with van der Waals surface area (Å²) >= 11 is 7.27. The normalized spacial score (nSPS) is 11.2. The van der Waals surface area contributed by atoms with Gasteiger partial charge in [0.05, 0.1) is 16.4 Å². The average Bonchev–Trinajstić information content (AvgIpc) is 2.97. The molecular formula is C17H16ClF3N2OS. The van der Waals surface area contributed by atoms with Gasteiger partial charge >= 0.3 is 12.2 Å². The van der Waals surface area contributed by atoms with E-state index in [1.807, 2.05) is 6.07 Å². The van der Waals surface area contributed by atoms with E-state index in [-0.39, 0.29) is 12.6 Å². The lowest BCUT2D eigenvalue weighted by Gasteiger charge is -2.21. The zero-order valence-corrected chi connectivity index (χ0v) is 14.7. The maximum atomic E-state index is 12.5. The van der Waals surface area contributed by atoms with E-state index in [1.165, 1.54) is 23.5 Å². The third-order valence-electron chi connectivity index (χ3n) is 3.34. The molecule has 1 heterocycles. The van der Waals surface area contributed by atoms with Crippen molar-refractivity contribution in [1.29, 1.82) is 0 Å². The standard InChI is InChI=1S/C17H16ClF3N2OS/c1-2-9-23(11-14-7-8-15(18)25-14)16(24)22-10-12-3-5-13(6-4-12)17(19,20)21/h2-8H,1,9-11H2,(H,22,24). The quantitative estimate of drug-likeness (QED) is 0.667. The van der Waals surface area contributed by atoms with Gasteiger partial charge in [0, 0.05) is 18.0 Å². The number of carbonyl (C=O) groups excluding carboxylic acids is 1. The van der Waals surface area contributed by atoms with Crippen molar-refractivity contribution in [3.63, 3.8) is 0 Å². The number of halogens is 4. The van der Waals surface area contributed by atoms with Crippen LogP contribution in [0.3, 0.4) is 0 Å². The van der Waals surface area contributed by atoms with Gasteiger partial charge in [0.15, 0.2) is 0 Å². The molecule has 1 aromatic carbocycles. The number of urea groups is 1. The lowest BCUT2D eigenvalue weighted by atomic mass is 10.1. The van der Waals surface area contributed by atoms with E-state index in [4.69, 9.17) is 11.6 Å². The summed E-state index contributed by atoms with van der Waals surface area (Å²) in [6, 6.07) is 7.96. The molecule has 0 saturated carbocycles. The molecule has 2 aromatic rings. The van der Waals surface area contributed by atoms with Crippen molar-refractivity contribution in [2.75, 3.05) is 6.54 Å². The van der Waals surface area contributed by atoms with Gasteiger partial charge in [-0.1, -0.05) is 29.8 Å². The molecule has 0 fully saturated rings. The Morgan fingerprint density at radius 2 is 1.92 bits per heavy atom. The van der Waals surface area contributed by atoms with Crippen molar-refractivity contribution < 1.29 is 18.0 Å². The van der Waals surface area contributed by atoms with Crippen LogP contribution in [0.1, 0.15) is 16.0 Å². The summed E-state index contributed by atoms with van der Waals surface area (Å²) < 4.78 is 38.3. The van der Waals surface area contributed by atoms with E-state index in [0.29, 0.717) is 23.0 Å². The Morgan fingerprint density at radius 3 is 2.44 bits per heavy atom. The molecule has 0 aliphatic rings. The summed E-state index contributed by atoms with van der Waals surface area (Å²) in [5.74, 6) is 0. The number of amides is 2. The van der Waals surface area contributed by atoms with Gasteiger partial charge in [-0.3, -0.25) is 0 Å². The van der Waals surface area contributed by atoms with Crippen molar-refractivity contribution in [3.8, 4) is 0 Å². The number of carbonyl (C=O) groups is 1. The number of nitrogens with one attached hydrogen (secondary N) is 1. The largest absolute Gasteiger partial charge is 0.416 e. The van der Waals surface area contributed by atoms with Crippen LogP contribution in [0, 0.1) is 0 Å². The molecule has 0 aliphatic carbocycles. The van der Waals surface area contributed by atoms with Crippen LogP contribution in [0.5, 0.6) is 0 Å². The SMILES string of the molecule is C=CCN(Cc1ccc(Cl)s1)C(=O)NCc1ccc(C(F)(F)F)cc1. The van der Waals surface area contributed by atoms with Crippen LogP contribution in [0.2, 0.25) is 4.34 Å². The minimum atomic E-state index is -4.37. The molecule has 8 heteroatoms. The highest BCUT2D eigenvalue weighted by molar-refractivity contribution is 7.16. The van der Waals surface area contributed by atoms with Crippen molar-refractivity contribution in [2.45, 2.75) is 19.3 Å². The number of rotatable bonds is 6. The average molecular weight is 389 g/mol. The molecule has 0 aliphatic heterocycles. The molecule has 134 valence electrons. The molecule has 1 N–H and O–H groups in total. The smallest absolute Gasteiger partial charge is 0.334 e.